The van der Waals surface area contributed by atoms with E-state index in [4.69, 9.17) is 5.11 Å². The molecule has 0 aliphatic heterocycles. The van der Waals surface area contributed by atoms with Gasteiger partial charge in [0, 0.05) is 17.2 Å². The van der Waals surface area contributed by atoms with Gasteiger partial charge in [0.05, 0.1) is 33.8 Å². The van der Waals surface area contributed by atoms with E-state index in [-0.39, 0.29) is 17.2 Å². The predicted molar refractivity (Wildman–Crippen MR) is 123 cm³/mol. The minimum atomic E-state index is -3.38. The van der Waals surface area contributed by atoms with Gasteiger partial charge in [-0.2, -0.15) is 0 Å². The van der Waals surface area contributed by atoms with E-state index in [9.17, 15) is 22.7 Å². The van der Waals surface area contributed by atoms with Gasteiger partial charge in [0.15, 0.2) is 15.7 Å². The number of benzene rings is 3. The van der Waals surface area contributed by atoms with Gasteiger partial charge in [0.1, 0.15) is 5.82 Å². The third-order valence-corrected chi connectivity index (χ3v) is 6.17. The first kappa shape index (κ1) is 22.2. The highest BCUT2D eigenvalue weighted by Gasteiger charge is 2.20. The van der Waals surface area contributed by atoms with Crippen molar-refractivity contribution < 1.29 is 27.8 Å². The van der Waals surface area contributed by atoms with Crippen molar-refractivity contribution in [1.29, 1.82) is 0 Å². The maximum absolute atomic E-state index is 13.7. The smallest absolute Gasteiger partial charge is 0.307 e. The number of nitrogens with zero attached hydrogens (tertiary/aromatic N) is 1. The fourth-order valence-corrected chi connectivity index (χ4v) is 4.19. The molecular weight excluding hydrogens is 447 g/mol. The quantitative estimate of drug-likeness (QED) is 0.368. The fourth-order valence-electron chi connectivity index (χ4n) is 3.56. The Morgan fingerprint density at radius 3 is 2.45 bits per heavy atom. The summed E-state index contributed by atoms with van der Waals surface area (Å²) in [5.41, 5.74) is 2.46. The summed E-state index contributed by atoms with van der Waals surface area (Å²) in [4.78, 5) is 18.7. The number of aliphatic imine (C=N–C) groups is 1. The van der Waals surface area contributed by atoms with Crippen molar-refractivity contribution in [2.45, 2.75) is 11.3 Å². The molecule has 3 aromatic carbocycles. The van der Waals surface area contributed by atoms with Crippen molar-refractivity contribution in [2.75, 3.05) is 6.26 Å². The molecule has 168 valence electrons. The number of carboxylic acid groups (broad SMARTS) is 1. The van der Waals surface area contributed by atoms with Crippen LogP contribution >= 0.6 is 0 Å². The van der Waals surface area contributed by atoms with E-state index in [1.165, 1.54) is 42.5 Å². The van der Waals surface area contributed by atoms with Crippen molar-refractivity contribution >= 4 is 38.1 Å². The summed E-state index contributed by atoms with van der Waals surface area (Å²) in [7, 11) is -3.38. The molecule has 0 aliphatic carbocycles. The van der Waals surface area contributed by atoms with E-state index in [0.29, 0.717) is 39.0 Å². The lowest BCUT2D eigenvalue weighted by atomic mass is 9.98. The number of rotatable bonds is 6. The second-order valence-electron chi connectivity index (χ2n) is 7.54. The first-order valence-electron chi connectivity index (χ1n) is 9.82. The molecule has 1 aromatic heterocycles. The number of hydrogen-bond donors (Lipinski definition) is 3. The van der Waals surface area contributed by atoms with Crippen LogP contribution in [0.25, 0.3) is 10.9 Å². The Balaban J connectivity index is 1.93. The molecule has 0 radical (unpaired) electrons. The summed E-state index contributed by atoms with van der Waals surface area (Å²) in [5.74, 6) is -1.70. The standard InChI is InChI=1S/C24H19FN2O5S/c1-33(31,32)18-8-6-17(7-9-18)26-23(15-4-2-3-14(11-15)12-21(28)29)22-19-10-5-16(25)13-20(19)27-24(22)30/h2-11,13,27,30H,12H2,1H3,(H,28,29). The number of nitrogens with one attached hydrogen (secondary N) is 1. The Hall–Kier alpha value is -3.98. The Labute approximate surface area is 188 Å². The van der Waals surface area contributed by atoms with Crippen LogP contribution in [-0.4, -0.2) is 41.6 Å². The number of carbonyl (C=O) groups is 1. The Bertz CT molecular complexity index is 1510. The lowest BCUT2D eigenvalue weighted by molar-refractivity contribution is -0.136. The van der Waals surface area contributed by atoms with Crippen LogP contribution in [0.2, 0.25) is 0 Å². The third-order valence-electron chi connectivity index (χ3n) is 5.04. The van der Waals surface area contributed by atoms with E-state index in [2.05, 4.69) is 9.98 Å². The van der Waals surface area contributed by atoms with Crippen LogP contribution in [0.1, 0.15) is 16.7 Å². The molecule has 4 rings (SSSR count). The zero-order chi connectivity index (χ0) is 23.8. The molecule has 0 saturated heterocycles. The number of fused-ring (bicyclic) bond motifs is 1. The summed E-state index contributed by atoms with van der Waals surface area (Å²) in [6.45, 7) is 0. The second-order valence-corrected chi connectivity index (χ2v) is 9.55. The molecule has 0 saturated carbocycles. The van der Waals surface area contributed by atoms with Crippen molar-refractivity contribution in [3.63, 3.8) is 0 Å². The molecule has 0 aliphatic rings. The predicted octanol–water partition coefficient (Wildman–Crippen LogP) is 4.21. The van der Waals surface area contributed by atoms with Gasteiger partial charge in [0.2, 0.25) is 0 Å². The van der Waals surface area contributed by atoms with Crippen LogP contribution in [0.5, 0.6) is 5.88 Å². The van der Waals surface area contributed by atoms with Gasteiger partial charge >= 0.3 is 5.97 Å². The van der Waals surface area contributed by atoms with Gasteiger partial charge in [-0.3, -0.25) is 4.79 Å². The van der Waals surface area contributed by atoms with Crippen LogP contribution in [-0.2, 0) is 21.1 Å². The largest absolute Gasteiger partial charge is 0.494 e. The minimum Gasteiger partial charge on any atom is -0.494 e. The summed E-state index contributed by atoms with van der Waals surface area (Å²) < 4.78 is 37.3. The number of aliphatic carboxylic acids is 1. The lowest BCUT2D eigenvalue weighted by Gasteiger charge is -2.10. The van der Waals surface area contributed by atoms with E-state index < -0.39 is 21.6 Å². The Morgan fingerprint density at radius 2 is 1.79 bits per heavy atom. The molecule has 0 spiro atoms. The SMILES string of the molecule is CS(=O)(=O)c1ccc(N=C(c2cccc(CC(=O)O)c2)c2c(O)[nH]c3cc(F)ccc23)cc1. The Kier molecular flexibility index (Phi) is 5.73. The molecule has 0 fully saturated rings. The number of sulfone groups is 1. The molecule has 3 N–H and O–H groups in total. The number of aromatic nitrogens is 1. The van der Waals surface area contributed by atoms with Crippen LogP contribution in [0.15, 0.2) is 76.6 Å². The van der Waals surface area contributed by atoms with E-state index in [1.807, 2.05) is 0 Å². The van der Waals surface area contributed by atoms with Crippen molar-refractivity contribution in [3.8, 4) is 5.88 Å². The van der Waals surface area contributed by atoms with Crippen LogP contribution < -0.4 is 0 Å². The van der Waals surface area contributed by atoms with Crippen molar-refractivity contribution in [3.05, 3.63) is 89.2 Å². The maximum atomic E-state index is 13.7. The van der Waals surface area contributed by atoms with E-state index in [0.717, 1.165) is 6.26 Å². The third kappa shape index (κ3) is 4.78. The average molecular weight is 466 g/mol. The first-order valence-corrected chi connectivity index (χ1v) is 11.7. The molecule has 0 atom stereocenters. The summed E-state index contributed by atoms with van der Waals surface area (Å²) >= 11 is 0. The molecule has 33 heavy (non-hydrogen) atoms. The van der Waals surface area contributed by atoms with E-state index >= 15 is 0 Å². The van der Waals surface area contributed by atoms with Gasteiger partial charge in [-0.1, -0.05) is 18.2 Å². The van der Waals surface area contributed by atoms with Crippen LogP contribution in [0.3, 0.4) is 0 Å². The zero-order valence-electron chi connectivity index (χ0n) is 17.4. The monoisotopic (exact) mass is 466 g/mol. The summed E-state index contributed by atoms with van der Waals surface area (Å²) in [6, 6.07) is 16.7. The minimum absolute atomic E-state index is 0.136. The average Bonchev–Trinajstić information content (AvgIpc) is 3.06. The van der Waals surface area contributed by atoms with Crippen LogP contribution in [0, 0.1) is 5.82 Å². The molecule has 0 amide bonds. The molecular formula is C24H19FN2O5S. The maximum Gasteiger partial charge on any atom is 0.307 e. The summed E-state index contributed by atoms with van der Waals surface area (Å²) in [6.07, 6.45) is 0.906. The second kappa shape index (κ2) is 8.51. The zero-order valence-corrected chi connectivity index (χ0v) is 18.2. The molecule has 0 bridgehead atoms. The number of H-pyrrole nitrogens is 1. The molecule has 4 aromatic rings. The number of halogens is 1. The van der Waals surface area contributed by atoms with Gasteiger partial charge in [-0.25, -0.2) is 17.8 Å². The van der Waals surface area contributed by atoms with E-state index in [1.54, 1.807) is 24.3 Å². The highest BCUT2D eigenvalue weighted by Crippen LogP contribution is 2.32. The number of aromatic amines is 1. The number of aromatic hydroxyl groups is 1. The molecule has 1 heterocycles. The number of carboxylic acids is 1. The highest BCUT2D eigenvalue weighted by atomic mass is 32.2. The lowest BCUT2D eigenvalue weighted by Crippen LogP contribution is -2.06. The first-order chi connectivity index (χ1) is 15.6. The Morgan fingerprint density at radius 1 is 1.06 bits per heavy atom. The van der Waals surface area contributed by atoms with Crippen molar-refractivity contribution in [1.82, 2.24) is 4.98 Å². The van der Waals surface area contributed by atoms with Crippen molar-refractivity contribution in [2.24, 2.45) is 4.99 Å². The highest BCUT2D eigenvalue weighted by molar-refractivity contribution is 7.90. The van der Waals surface area contributed by atoms with Gasteiger partial charge < -0.3 is 15.2 Å². The van der Waals surface area contributed by atoms with Gasteiger partial charge in [-0.05, 0) is 54.1 Å². The van der Waals surface area contributed by atoms with Crippen LogP contribution in [0.4, 0.5) is 10.1 Å². The topological polar surface area (TPSA) is 120 Å². The fraction of sp³-hybridized carbons (Fsp3) is 0.0833. The van der Waals surface area contributed by atoms with Gasteiger partial charge in [-0.15, -0.1) is 0 Å². The molecule has 0 unspecified atom stereocenters. The molecule has 7 nitrogen and oxygen atoms in total. The normalized spacial score (nSPS) is 12.2. The summed E-state index contributed by atoms with van der Waals surface area (Å²) in [5, 5.41) is 20.3. The van der Waals surface area contributed by atoms with Gasteiger partial charge in [0.25, 0.3) is 0 Å². The molecule has 9 heteroatoms. The number of hydrogen-bond acceptors (Lipinski definition) is 5.